The molecule has 2 N–H and O–H groups in total. The first kappa shape index (κ1) is 14.3. The predicted octanol–water partition coefficient (Wildman–Crippen LogP) is 3.00. The number of rotatable bonds is 5. The fourth-order valence-corrected chi connectivity index (χ4v) is 2.36. The van der Waals surface area contributed by atoms with Crippen LogP contribution in [0.5, 0.6) is 0 Å². The van der Waals surface area contributed by atoms with Crippen molar-refractivity contribution >= 4 is 0 Å². The predicted molar refractivity (Wildman–Crippen MR) is 66.6 cm³/mol. The standard InChI is InChI=1S/C14H18F3NO/c1-19-13(10-4-5-10)12(18)8-9-2-6-11(7-3-9)14(15,16)17/h2-3,6-7,10,12-13H,4-5,8,18H2,1H3. The zero-order chi connectivity index (χ0) is 14.0. The van der Waals surface area contributed by atoms with Crippen molar-refractivity contribution < 1.29 is 17.9 Å². The van der Waals surface area contributed by atoms with Gasteiger partial charge in [-0.3, -0.25) is 0 Å². The number of hydrogen-bond acceptors (Lipinski definition) is 2. The van der Waals surface area contributed by atoms with Crippen molar-refractivity contribution in [2.45, 2.75) is 37.6 Å². The smallest absolute Gasteiger partial charge is 0.380 e. The number of methoxy groups -OCH3 is 1. The van der Waals surface area contributed by atoms with E-state index in [1.807, 2.05) is 0 Å². The maximum Gasteiger partial charge on any atom is 0.416 e. The van der Waals surface area contributed by atoms with E-state index >= 15 is 0 Å². The lowest BCUT2D eigenvalue weighted by Crippen LogP contribution is -2.39. The van der Waals surface area contributed by atoms with E-state index in [0.717, 1.165) is 30.5 Å². The molecule has 1 aromatic carbocycles. The van der Waals surface area contributed by atoms with Crippen molar-refractivity contribution in [2.75, 3.05) is 7.11 Å². The summed E-state index contributed by atoms with van der Waals surface area (Å²) in [7, 11) is 1.63. The molecule has 2 atom stereocenters. The molecule has 0 amide bonds. The van der Waals surface area contributed by atoms with Gasteiger partial charge in [0.1, 0.15) is 0 Å². The van der Waals surface area contributed by atoms with E-state index in [0.29, 0.717) is 12.3 Å². The normalized spacial score (nSPS) is 19.2. The molecule has 1 fully saturated rings. The van der Waals surface area contributed by atoms with Crippen LogP contribution in [-0.4, -0.2) is 19.3 Å². The zero-order valence-electron chi connectivity index (χ0n) is 10.8. The van der Waals surface area contributed by atoms with Crippen LogP contribution < -0.4 is 5.73 Å². The monoisotopic (exact) mass is 273 g/mol. The lowest BCUT2D eigenvalue weighted by molar-refractivity contribution is -0.137. The molecule has 0 spiro atoms. The Kier molecular flexibility index (Phi) is 4.16. The number of halogens is 3. The van der Waals surface area contributed by atoms with Crippen LogP contribution in [0, 0.1) is 5.92 Å². The average molecular weight is 273 g/mol. The highest BCUT2D eigenvalue weighted by Crippen LogP contribution is 2.36. The van der Waals surface area contributed by atoms with Gasteiger partial charge in [0.05, 0.1) is 11.7 Å². The van der Waals surface area contributed by atoms with Gasteiger partial charge in [-0.05, 0) is 42.9 Å². The molecule has 1 aliphatic rings. The Morgan fingerprint density at radius 3 is 2.26 bits per heavy atom. The molecule has 19 heavy (non-hydrogen) atoms. The molecule has 2 nitrogen and oxygen atoms in total. The van der Waals surface area contributed by atoms with Crippen LogP contribution in [0.4, 0.5) is 13.2 Å². The van der Waals surface area contributed by atoms with E-state index in [1.165, 1.54) is 12.1 Å². The van der Waals surface area contributed by atoms with Gasteiger partial charge in [-0.15, -0.1) is 0 Å². The van der Waals surface area contributed by atoms with E-state index in [9.17, 15) is 13.2 Å². The molecule has 0 saturated heterocycles. The van der Waals surface area contributed by atoms with Gasteiger partial charge < -0.3 is 10.5 Å². The third kappa shape index (κ3) is 3.70. The lowest BCUT2D eigenvalue weighted by Gasteiger charge is -2.22. The second-order valence-corrected chi connectivity index (χ2v) is 5.10. The summed E-state index contributed by atoms with van der Waals surface area (Å²) < 4.78 is 42.7. The van der Waals surface area contributed by atoms with Crippen molar-refractivity contribution in [2.24, 2.45) is 11.7 Å². The van der Waals surface area contributed by atoms with Crippen LogP contribution in [0.3, 0.4) is 0 Å². The van der Waals surface area contributed by atoms with Crippen LogP contribution >= 0.6 is 0 Å². The zero-order valence-corrected chi connectivity index (χ0v) is 10.8. The van der Waals surface area contributed by atoms with Gasteiger partial charge in [-0.25, -0.2) is 0 Å². The van der Waals surface area contributed by atoms with Gasteiger partial charge in [0.2, 0.25) is 0 Å². The molecule has 0 bridgehead atoms. The highest BCUT2D eigenvalue weighted by molar-refractivity contribution is 5.25. The van der Waals surface area contributed by atoms with Crippen molar-refractivity contribution in [1.82, 2.24) is 0 Å². The summed E-state index contributed by atoms with van der Waals surface area (Å²) in [6.45, 7) is 0. The van der Waals surface area contributed by atoms with Crippen LogP contribution in [0.15, 0.2) is 24.3 Å². The topological polar surface area (TPSA) is 35.2 Å². The molecular formula is C14H18F3NO. The third-order valence-corrected chi connectivity index (χ3v) is 3.53. The number of hydrogen-bond donors (Lipinski definition) is 1. The fourth-order valence-electron chi connectivity index (χ4n) is 2.36. The Labute approximate surface area is 110 Å². The van der Waals surface area contributed by atoms with Gasteiger partial charge in [0.25, 0.3) is 0 Å². The van der Waals surface area contributed by atoms with E-state index < -0.39 is 11.7 Å². The summed E-state index contributed by atoms with van der Waals surface area (Å²) in [5.74, 6) is 0.509. The molecule has 0 aromatic heterocycles. The van der Waals surface area contributed by atoms with Gasteiger partial charge >= 0.3 is 6.18 Å². The Morgan fingerprint density at radius 1 is 1.26 bits per heavy atom. The maximum absolute atomic E-state index is 12.4. The first-order chi connectivity index (χ1) is 8.91. The molecule has 0 heterocycles. The first-order valence-corrected chi connectivity index (χ1v) is 6.36. The molecule has 106 valence electrons. The Morgan fingerprint density at radius 2 is 1.84 bits per heavy atom. The third-order valence-electron chi connectivity index (χ3n) is 3.53. The summed E-state index contributed by atoms with van der Waals surface area (Å²) in [6.07, 6.45) is -1.50. The van der Waals surface area contributed by atoms with Crippen LogP contribution in [0.2, 0.25) is 0 Å². The van der Waals surface area contributed by atoms with Crippen LogP contribution in [0.1, 0.15) is 24.0 Å². The molecule has 5 heteroatoms. The Balaban J connectivity index is 1.99. The SMILES string of the molecule is COC(C(N)Cc1ccc(C(F)(F)F)cc1)C1CC1. The first-order valence-electron chi connectivity index (χ1n) is 6.36. The largest absolute Gasteiger partial charge is 0.416 e. The van der Waals surface area contributed by atoms with E-state index in [4.69, 9.17) is 10.5 Å². The summed E-state index contributed by atoms with van der Waals surface area (Å²) >= 11 is 0. The Hall–Kier alpha value is -1.07. The number of ether oxygens (including phenoxy) is 1. The quantitative estimate of drug-likeness (QED) is 0.895. The van der Waals surface area contributed by atoms with E-state index in [-0.39, 0.29) is 12.1 Å². The second kappa shape index (κ2) is 5.51. The number of benzene rings is 1. The second-order valence-electron chi connectivity index (χ2n) is 5.10. The van der Waals surface area contributed by atoms with Gasteiger partial charge in [0.15, 0.2) is 0 Å². The molecule has 1 saturated carbocycles. The summed E-state index contributed by atoms with van der Waals surface area (Å²) in [4.78, 5) is 0. The summed E-state index contributed by atoms with van der Waals surface area (Å²) in [5.41, 5.74) is 6.26. The van der Waals surface area contributed by atoms with E-state index in [1.54, 1.807) is 7.11 Å². The van der Waals surface area contributed by atoms with Gasteiger partial charge in [-0.1, -0.05) is 12.1 Å². The molecule has 0 aliphatic heterocycles. The molecule has 1 aliphatic carbocycles. The van der Waals surface area contributed by atoms with Crippen LogP contribution in [-0.2, 0) is 17.3 Å². The minimum absolute atomic E-state index is 0.00212. The molecule has 2 rings (SSSR count). The highest BCUT2D eigenvalue weighted by atomic mass is 19.4. The van der Waals surface area contributed by atoms with Crippen molar-refractivity contribution in [1.29, 1.82) is 0 Å². The van der Waals surface area contributed by atoms with Gasteiger partial charge in [0, 0.05) is 13.2 Å². The summed E-state index contributed by atoms with van der Waals surface area (Å²) in [5, 5.41) is 0. The number of alkyl halides is 3. The minimum Gasteiger partial charge on any atom is -0.380 e. The molecule has 2 unspecified atom stereocenters. The van der Waals surface area contributed by atoms with E-state index in [2.05, 4.69) is 0 Å². The van der Waals surface area contributed by atoms with Crippen LogP contribution in [0.25, 0.3) is 0 Å². The van der Waals surface area contributed by atoms with Crippen molar-refractivity contribution in [3.05, 3.63) is 35.4 Å². The van der Waals surface area contributed by atoms with Crippen molar-refractivity contribution in [3.63, 3.8) is 0 Å². The number of nitrogens with two attached hydrogens (primary N) is 1. The fraction of sp³-hybridized carbons (Fsp3) is 0.571. The van der Waals surface area contributed by atoms with Gasteiger partial charge in [-0.2, -0.15) is 13.2 Å². The molecule has 1 aromatic rings. The molecular weight excluding hydrogens is 255 g/mol. The lowest BCUT2D eigenvalue weighted by atomic mass is 9.98. The highest BCUT2D eigenvalue weighted by Gasteiger charge is 2.35. The maximum atomic E-state index is 12.4. The molecule has 0 radical (unpaired) electrons. The average Bonchev–Trinajstić information content (AvgIpc) is 3.14. The summed E-state index contributed by atoms with van der Waals surface area (Å²) in [6, 6.07) is 5.00. The van der Waals surface area contributed by atoms with Crippen molar-refractivity contribution in [3.8, 4) is 0 Å². The minimum atomic E-state index is -4.29. The Bertz CT molecular complexity index is 412.